The Morgan fingerprint density at radius 3 is 2.61 bits per heavy atom. The van der Waals surface area contributed by atoms with Gasteiger partial charge in [-0.05, 0) is 85.9 Å². The van der Waals surface area contributed by atoms with Gasteiger partial charge < -0.3 is 29.6 Å². The van der Waals surface area contributed by atoms with Crippen LogP contribution < -0.4 is 10.5 Å². The molecule has 3 aliphatic rings. The highest BCUT2D eigenvalue weighted by Crippen LogP contribution is 2.40. The van der Waals surface area contributed by atoms with E-state index >= 15 is 0 Å². The van der Waals surface area contributed by atoms with Crippen LogP contribution >= 0.6 is 0 Å². The molecule has 2 bridgehead atoms. The molecular weight excluding hydrogens is 580 g/mol. The second-order valence-corrected chi connectivity index (χ2v) is 13.3. The first-order valence-corrected chi connectivity index (χ1v) is 16.2. The Labute approximate surface area is 266 Å². The number of benzene rings is 2. The Bertz CT molecular complexity index is 2020. The van der Waals surface area contributed by atoms with Crippen molar-refractivity contribution >= 4 is 33.9 Å². The summed E-state index contributed by atoms with van der Waals surface area (Å²) in [5, 5.41) is 10.2. The zero-order valence-electron chi connectivity index (χ0n) is 26.1. The van der Waals surface area contributed by atoms with E-state index in [4.69, 9.17) is 25.5 Å². The number of hydrogen-bond acceptors (Lipinski definition) is 6. The van der Waals surface area contributed by atoms with Crippen molar-refractivity contribution in [2.45, 2.75) is 57.2 Å². The molecule has 10 heteroatoms. The lowest BCUT2D eigenvalue weighted by molar-refractivity contribution is -0.136. The quantitative estimate of drug-likeness (QED) is 0.231. The Balaban J connectivity index is 1.20. The molecule has 3 atom stereocenters. The number of amides is 1. The van der Waals surface area contributed by atoms with Crippen LogP contribution in [-0.2, 0) is 24.8 Å². The van der Waals surface area contributed by atoms with Crippen molar-refractivity contribution < 1.29 is 19.4 Å². The third-order valence-electron chi connectivity index (χ3n) is 10.3. The second-order valence-electron chi connectivity index (χ2n) is 13.3. The van der Waals surface area contributed by atoms with Gasteiger partial charge in [-0.1, -0.05) is 18.2 Å². The summed E-state index contributed by atoms with van der Waals surface area (Å²) < 4.78 is 10.2. The van der Waals surface area contributed by atoms with Gasteiger partial charge in [0, 0.05) is 55.2 Å². The topological polar surface area (TPSA) is 129 Å². The van der Waals surface area contributed by atoms with Gasteiger partial charge in [0.15, 0.2) is 5.82 Å². The van der Waals surface area contributed by atoms with Crippen LogP contribution in [0.15, 0.2) is 54.6 Å². The highest BCUT2D eigenvalue weighted by molar-refractivity contribution is 6.00. The number of carboxylic acid groups (broad SMARTS) is 1. The average Bonchev–Trinajstić information content (AvgIpc) is 3.47. The summed E-state index contributed by atoms with van der Waals surface area (Å²) in [6, 6.07) is 18.1. The normalized spacial score (nSPS) is 20.7. The van der Waals surface area contributed by atoms with E-state index in [9.17, 15) is 9.59 Å². The molecule has 3 aromatic heterocycles. The van der Waals surface area contributed by atoms with Gasteiger partial charge in [0.05, 0.1) is 24.0 Å². The molecular formula is C36H38N6O4. The summed E-state index contributed by atoms with van der Waals surface area (Å²) in [5.41, 5.74) is 13.2. The fourth-order valence-electron chi connectivity index (χ4n) is 7.62. The van der Waals surface area contributed by atoms with E-state index in [1.165, 1.54) is 12.8 Å². The molecule has 2 aromatic carbocycles. The number of aromatic nitrogens is 4. The van der Waals surface area contributed by atoms with Crippen molar-refractivity contribution in [3.05, 3.63) is 65.7 Å². The number of methoxy groups -OCH3 is 1. The number of rotatable bonds is 9. The van der Waals surface area contributed by atoms with E-state index in [0.717, 1.165) is 64.3 Å². The molecule has 4 heterocycles. The fourth-order valence-corrected chi connectivity index (χ4v) is 7.62. The summed E-state index contributed by atoms with van der Waals surface area (Å²) in [6.07, 6.45) is 5.00. The van der Waals surface area contributed by atoms with Gasteiger partial charge in [0.2, 0.25) is 0 Å². The molecule has 0 spiro atoms. The number of carbonyl (C=O) groups is 2. The standard InChI is InChI=1S/C36H38N6O4/c1-40-33-27(15-25(17-30(33)46-2)36(45)42-19-24-10-12-28(42)32(24)37)39-35(40)29-16-23-9-11-26(38-34(23)41(29)18-21-6-7-21)22-5-3-4-20(14-22)8-13-31(43)44/h3-5,9,11,14-17,21,24,28,32H,6-8,10,12-13,18-19,37H2,1-2H3,(H,43,44)/t24?,28?,32-/m1/s1. The predicted molar refractivity (Wildman–Crippen MR) is 176 cm³/mol. The van der Waals surface area contributed by atoms with Crippen LogP contribution in [0.3, 0.4) is 0 Å². The molecule has 1 aliphatic heterocycles. The highest BCUT2D eigenvalue weighted by atomic mass is 16.5. The minimum Gasteiger partial charge on any atom is -0.494 e. The van der Waals surface area contributed by atoms with Gasteiger partial charge in [0.25, 0.3) is 5.91 Å². The molecule has 236 valence electrons. The summed E-state index contributed by atoms with van der Waals surface area (Å²) in [4.78, 5) is 37.1. The van der Waals surface area contributed by atoms with Crippen LogP contribution in [0, 0.1) is 11.8 Å². The van der Waals surface area contributed by atoms with E-state index in [-0.39, 0.29) is 24.4 Å². The van der Waals surface area contributed by atoms with Crippen molar-refractivity contribution in [2.24, 2.45) is 24.6 Å². The van der Waals surface area contributed by atoms with Crippen molar-refractivity contribution in [1.29, 1.82) is 0 Å². The van der Waals surface area contributed by atoms with Gasteiger partial charge in [-0.3, -0.25) is 9.59 Å². The molecule has 3 fully saturated rings. The van der Waals surface area contributed by atoms with Crippen LogP contribution in [0.4, 0.5) is 0 Å². The number of fused-ring (bicyclic) bond motifs is 4. The maximum atomic E-state index is 13.7. The van der Waals surface area contributed by atoms with Crippen molar-refractivity contribution in [2.75, 3.05) is 13.7 Å². The lowest BCUT2D eigenvalue weighted by Crippen LogP contribution is -2.41. The van der Waals surface area contributed by atoms with Gasteiger partial charge >= 0.3 is 5.97 Å². The first kappa shape index (κ1) is 28.8. The van der Waals surface area contributed by atoms with Crippen LogP contribution in [0.5, 0.6) is 5.75 Å². The number of hydrogen-bond donors (Lipinski definition) is 2. The molecule has 0 radical (unpaired) electrons. The third kappa shape index (κ3) is 4.83. The number of nitrogens with two attached hydrogens (primary N) is 1. The number of piperidine rings is 1. The molecule has 8 rings (SSSR count). The Morgan fingerprint density at radius 1 is 1.04 bits per heavy atom. The summed E-state index contributed by atoms with van der Waals surface area (Å²) in [6.45, 7) is 1.55. The van der Waals surface area contributed by atoms with Crippen LogP contribution in [0.1, 0.15) is 48.0 Å². The molecule has 1 saturated heterocycles. The SMILES string of the molecule is COc1cc(C(=O)N2CC3CCC2[C@@H]3N)cc2nc(-c3cc4ccc(-c5cccc(CCC(=O)O)c5)nc4n3CC3CC3)n(C)c12. The van der Waals surface area contributed by atoms with Crippen molar-refractivity contribution in [1.82, 2.24) is 24.0 Å². The largest absolute Gasteiger partial charge is 0.494 e. The number of carboxylic acids is 1. The monoisotopic (exact) mass is 618 g/mol. The summed E-state index contributed by atoms with van der Waals surface area (Å²) in [5.74, 6) is 1.56. The van der Waals surface area contributed by atoms with E-state index in [2.05, 4.69) is 21.3 Å². The maximum absolute atomic E-state index is 13.7. The second kappa shape index (κ2) is 11.0. The lowest BCUT2D eigenvalue weighted by atomic mass is 10.0. The first-order valence-electron chi connectivity index (χ1n) is 16.2. The Kier molecular flexibility index (Phi) is 6.86. The minimum absolute atomic E-state index is 0.0124. The Hall–Kier alpha value is -4.70. The number of imidazole rings is 1. The summed E-state index contributed by atoms with van der Waals surface area (Å²) >= 11 is 0. The van der Waals surface area contributed by atoms with Crippen LogP contribution in [0.2, 0.25) is 0 Å². The van der Waals surface area contributed by atoms with Gasteiger partial charge in [-0.15, -0.1) is 0 Å². The number of carbonyl (C=O) groups excluding carboxylic acids is 1. The molecule has 2 saturated carbocycles. The minimum atomic E-state index is -0.805. The van der Waals surface area contributed by atoms with E-state index < -0.39 is 5.97 Å². The van der Waals surface area contributed by atoms with Crippen molar-refractivity contribution in [3.8, 4) is 28.5 Å². The number of likely N-dealkylation sites (tertiary alicyclic amines) is 1. The molecule has 2 unspecified atom stereocenters. The van der Waals surface area contributed by atoms with Gasteiger partial charge in [0.1, 0.15) is 16.9 Å². The molecule has 10 nitrogen and oxygen atoms in total. The van der Waals surface area contributed by atoms with E-state index in [0.29, 0.717) is 41.6 Å². The Morgan fingerprint density at radius 2 is 1.89 bits per heavy atom. The number of ether oxygens (including phenoxy) is 1. The maximum Gasteiger partial charge on any atom is 0.303 e. The van der Waals surface area contributed by atoms with Crippen LogP contribution in [0.25, 0.3) is 44.8 Å². The number of nitrogens with zero attached hydrogens (tertiary/aromatic N) is 5. The molecule has 46 heavy (non-hydrogen) atoms. The lowest BCUT2D eigenvalue weighted by Gasteiger charge is -2.27. The zero-order valence-corrected chi connectivity index (χ0v) is 26.1. The zero-order chi connectivity index (χ0) is 31.7. The molecule has 2 aliphatic carbocycles. The number of aliphatic carboxylic acids is 1. The first-order chi connectivity index (χ1) is 22.3. The highest BCUT2D eigenvalue weighted by Gasteiger charge is 2.47. The summed E-state index contributed by atoms with van der Waals surface area (Å²) in [7, 11) is 3.63. The smallest absolute Gasteiger partial charge is 0.303 e. The number of aryl methyl sites for hydroxylation is 2. The molecule has 5 aromatic rings. The fraction of sp³-hybridized carbons (Fsp3) is 0.389. The van der Waals surface area contributed by atoms with E-state index in [1.807, 2.05) is 54.4 Å². The van der Waals surface area contributed by atoms with Gasteiger partial charge in [-0.2, -0.15) is 0 Å². The van der Waals surface area contributed by atoms with Gasteiger partial charge in [-0.25, -0.2) is 9.97 Å². The van der Waals surface area contributed by atoms with Crippen molar-refractivity contribution in [3.63, 3.8) is 0 Å². The predicted octanol–water partition coefficient (Wildman–Crippen LogP) is 5.25. The number of pyridine rings is 1. The molecule has 3 N–H and O–H groups in total. The third-order valence-corrected chi connectivity index (χ3v) is 10.3. The average molecular weight is 619 g/mol. The van der Waals surface area contributed by atoms with E-state index in [1.54, 1.807) is 7.11 Å². The van der Waals surface area contributed by atoms with Crippen LogP contribution in [-0.4, -0.2) is 66.7 Å². The molecule has 1 amide bonds.